The lowest BCUT2D eigenvalue weighted by molar-refractivity contribution is -0.293. The Hall–Kier alpha value is -3.50. The minimum atomic E-state index is -2.60. The van der Waals surface area contributed by atoms with Gasteiger partial charge in [0.05, 0.1) is 13.2 Å². The zero-order chi connectivity index (χ0) is 32.7. The average molecular weight is 618 g/mol. The first-order valence-corrected chi connectivity index (χ1v) is 13.8. The second-order valence-corrected chi connectivity index (χ2v) is 11.4. The summed E-state index contributed by atoms with van der Waals surface area (Å²) in [5.74, 6) is -6.69. The SMILES string of the molecule is COC(=O)[C@]1(O)C[C@H](N2CCN(C(=O)OC(C)(C)C)CC2)[C@@H](NC(C)=O)[C@H]([C@@H](OC(C)=O)[C@@H](COC(C)=O)OC(C)=O)O1. The van der Waals surface area contributed by atoms with Crippen molar-refractivity contribution in [1.82, 2.24) is 15.1 Å². The van der Waals surface area contributed by atoms with Gasteiger partial charge in [-0.25, -0.2) is 9.59 Å². The molecule has 43 heavy (non-hydrogen) atoms. The lowest BCUT2D eigenvalue weighted by atomic mass is 9.85. The van der Waals surface area contributed by atoms with E-state index in [0.29, 0.717) is 0 Å². The fourth-order valence-corrected chi connectivity index (χ4v) is 5.02. The van der Waals surface area contributed by atoms with E-state index in [4.69, 9.17) is 28.4 Å². The predicted octanol–water partition coefficient (Wildman–Crippen LogP) is -0.511. The Labute approximate surface area is 250 Å². The second kappa shape index (κ2) is 14.8. The first-order valence-electron chi connectivity index (χ1n) is 13.8. The Morgan fingerprint density at radius 2 is 1.53 bits per heavy atom. The third-order valence-electron chi connectivity index (χ3n) is 6.66. The fourth-order valence-electron chi connectivity index (χ4n) is 5.02. The molecule has 0 aromatic carbocycles. The smallest absolute Gasteiger partial charge is 0.410 e. The standard InChI is InChI=1S/C27H43N3O13/c1-15(31)28-21-19(29-9-11-30(12-10-29)25(36)43-26(5,6)7)13-27(37,24(35)38-8)42-23(21)22(41-18(4)34)20(40-17(3)33)14-39-16(2)32/h19-23,37H,9-14H2,1-8H3,(H,28,31)/t19-,20+,21+,22-,23+,27-/m0/s1. The number of nitrogens with zero attached hydrogens (tertiary/aromatic N) is 2. The van der Waals surface area contributed by atoms with Gasteiger partial charge in [-0.15, -0.1) is 0 Å². The molecular formula is C27H43N3O13. The van der Waals surface area contributed by atoms with E-state index in [1.807, 2.05) is 4.90 Å². The monoisotopic (exact) mass is 617 g/mol. The number of ether oxygens (including phenoxy) is 6. The highest BCUT2D eigenvalue weighted by atomic mass is 16.7. The van der Waals surface area contributed by atoms with Crippen molar-refractivity contribution >= 4 is 35.9 Å². The van der Waals surface area contributed by atoms with Gasteiger partial charge in [0.25, 0.3) is 5.79 Å². The van der Waals surface area contributed by atoms with Gasteiger partial charge >= 0.3 is 30.0 Å². The van der Waals surface area contributed by atoms with Crippen LogP contribution in [-0.4, -0.2) is 132 Å². The van der Waals surface area contributed by atoms with Gasteiger partial charge in [0.15, 0.2) is 12.2 Å². The van der Waals surface area contributed by atoms with E-state index in [-0.39, 0.29) is 32.6 Å². The van der Waals surface area contributed by atoms with Crippen molar-refractivity contribution in [2.45, 2.75) is 96.7 Å². The topological polar surface area (TPSA) is 197 Å². The number of esters is 4. The van der Waals surface area contributed by atoms with Gasteiger partial charge in [-0.1, -0.05) is 0 Å². The molecule has 0 spiro atoms. The fraction of sp³-hybridized carbons (Fsp3) is 0.778. The number of carbonyl (C=O) groups is 6. The highest BCUT2D eigenvalue weighted by Crippen LogP contribution is 2.36. The number of hydrogen-bond acceptors (Lipinski definition) is 14. The number of carbonyl (C=O) groups excluding carboxylic acids is 6. The molecule has 0 aromatic heterocycles. The molecule has 0 aliphatic carbocycles. The van der Waals surface area contributed by atoms with Crippen LogP contribution in [0.4, 0.5) is 4.79 Å². The van der Waals surface area contributed by atoms with Gasteiger partial charge in [0.2, 0.25) is 5.91 Å². The van der Waals surface area contributed by atoms with Gasteiger partial charge < -0.3 is 43.7 Å². The van der Waals surface area contributed by atoms with Crippen molar-refractivity contribution in [2.24, 2.45) is 0 Å². The molecule has 16 nitrogen and oxygen atoms in total. The highest BCUT2D eigenvalue weighted by molar-refractivity contribution is 5.78. The van der Waals surface area contributed by atoms with Crippen LogP contribution in [0.3, 0.4) is 0 Å². The van der Waals surface area contributed by atoms with Gasteiger partial charge in [0, 0.05) is 66.3 Å². The third kappa shape index (κ3) is 10.3. The molecule has 0 unspecified atom stereocenters. The van der Waals surface area contributed by atoms with Crippen LogP contribution < -0.4 is 5.32 Å². The quantitative estimate of drug-likeness (QED) is 0.248. The summed E-state index contributed by atoms with van der Waals surface area (Å²) in [5, 5.41) is 14.2. The maximum atomic E-state index is 12.8. The van der Waals surface area contributed by atoms with Gasteiger partial charge in [-0.2, -0.15) is 0 Å². The molecule has 2 aliphatic heterocycles. The van der Waals surface area contributed by atoms with Crippen molar-refractivity contribution < 1.29 is 62.3 Å². The molecule has 0 aromatic rings. The predicted molar refractivity (Wildman–Crippen MR) is 145 cm³/mol. The van der Waals surface area contributed by atoms with Crippen molar-refractivity contribution in [3.8, 4) is 0 Å². The Kier molecular flexibility index (Phi) is 12.3. The van der Waals surface area contributed by atoms with Crippen molar-refractivity contribution in [3.05, 3.63) is 0 Å². The van der Waals surface area contributed by atoms with E-state index in [0.717, 1.165) is 27.9 Å². The van der Waals surface area contributed by atoms with E-state index in [9.17, 15) is 33.9 Å². The van der Waals surface area contributed by atoms with Crippen molar-refractivity contribution in [1.29, 1.82) is 0 Å². The molecule has 2 N–H and O–H groups in total. The van der Waals surface area contributed by atoms with E-state index < -0.39 is 84.3 Å². The van der Waals surface area contributed by atoms with Crippen LogP contribution in [0, 0.1) is 0 Å². The van der Waals surface area contributed by atoms with Gasteiger partial charge in [-0.3, -0.25) is 24.1 Å². The van der Waals surface area contributed by atoms with Crippen LogP contribution in [0.5, 0.6) is 0 Å². The molecular weight excluding hydrogens is 574 g/mol. The average Bonchev–Trinajstić information content (AvgIpc) is 2.88. The maximum Gasteiger partial charge on any atom is 0.410 e. The summed E-state index contributed by atoms with van der Waals surface area (Å²) >= 11 is 0. The third-order valence-corrected chi connectivity index (χ3v) is 6.66. The Bertz CT molecular complexity index is 1050. The molecule has 2 saturated heterocycles. The largest absolute Gasteiger partial charge is 0.465 e. The first kappa shape index (κ1) is 35.7. The lowest BCUT2D eigenvalue weighted by Gasteiger charge is -2.51. The number of rotatable bonds is 9. The van der Waals surface area contributed by atoms with Crippen LogP contribution >= 0.6 is 0 Å². The lowest BCUT2D eigenvalue weighted by Crippen LogP contribution is -2.72. The van der Waals surface area contributed by atoms with Crippen LogP contribution in [0.2, 0.25) is 0 Å². The van der Waals surface area contributed by atoms with Crippen LogP contribution in [-0.2, 0) is 52.4 Å². The summed E-state index contributed by atoms with van der Waals surface area (Å²) in [6.45, 7) is 10.1. The summed E-state index contributed by atoms with van der Waals surface area (Å²) in [6, 6.07) is -1.92. The van der Waals surface area contributed by atoms with E-state index in [2.05, 4.69) is 5.32 Å². The normalized spacial score (nSPS) is 25.9. The molecule has 0 radical (unpaired) electrons. The van der Waals surface area contributed by atoms with E-state index in [1.54, 1.807) is 20.8 Å². The minimum Gasteiger partial charge on any atom is -0.465 e. The highest BCUT2D eigenvalue weighted by Gasteiger charge is 2.58. The summed E-state index contributed by atoms with van der Waals surface area (Å²) in [6.07, 6.45) is -5.47. The summed E-state index contributed by atoms with van der Waals surface area (Å²) in [5.41, 5.74) is -0.702. The molecule has 2 heterocycles. The molecule has 0 saturated carbocycles. The Morgan fingerprint density at radius 3 is 2.00 bits per heavy atom. The summed E-state index contributed by atoms with van der Waals surface area (Å²) < 4.78 is 32.0. The summed E-state index contributed by atoms with van der Waals surface area (Å²) in [7, 11) is 1.04. The zero-order valence-electron chi connectivity index (χ0n) is 25.9. The Balaban J connectivity index is 2.55. The molecule has 2 amide bonds. The molecule has 0 bridgehead atoms. The van der Waals surface area contributed by atoms with Crippen LogP contribution in [0.15, 0.2) is 0 Å². The molecule has 2 aliphatic rings. The van der Waals surface area contributed by atoms with E-state index >= 15 is 0 Å². The second-order valence-electron chi connectivity index (χ2n) is 11.4. The van der Waals surface area contributed by atoms with Crippen LogP contribution in [0.1, 0.15) is 54.9 Å². The van der Waals surface area contributed by atoms with Crippen LogP contribution in [0.25, 0.3) is 0 Å². The molecule has 16 heteroatoms. The molecule has 2 rings (SSSR count). The van der Waals surface area contributed by atoms with Crippen molar-refractivity contribution in [3.63, 3.8) is 0 Å². The molecule has 2 fully saturated rings. The van der Waals surface area contributed by atoms with E-state index in [1.165, 1.54) is 11.8 Å². The number of nitrogens with one attached hydrogen (secondary N) is 1. The minimum absolute atomic E-state index is 0.219. The maximum absolute atomic E-state index is 12.8. The number of amides is 2. The number of aliphatic hydroxyl groups is 1. The molecule has 6 atom stereocenters. The summed E-state index contributed by atoms with van der Waals surface area (Å²) in [4.78, 5) is 77.1. The molecule has 244 valence electrons. The number of piperazine rings is 1. The number of methoxy groups -OCH3 is 1. The van der Waals surface area contributed by atoms with Gasteiger partial charge in [-0.05, 0) is 20.8 Å². The Morgan fingerprint density at radius 1 is 0.953 bits per heavy atom. The zero-order valence-corrected chi connectivity index (χ0v) is 25.9. The van der Waals surface area contributed by atoms with Crippen molar-refractivity contribution in [2.75, 3.05) is 39.9 Å². The first-order chi connectivity index (χ1) is 19.9. The van der Waals surface area contributed by atoms with Gasteiger partial charge in [0.1, 0.15) is 18.3 Å². The number of hydrogen-bond donors (Lipinski definition) is 2.